The number of furan rings is 1. The molecule has 9 nitrogen and oxygen atoms in total. The lowest BCUT2D eigenvalue weighted by Gasteiger charge is -2.27. The van der Waals surface area contributed by atoms with E-state index in [-0.39, 0.29) is 23.4 Å². The van der Waals surface area contributed by atoms with Gasteiger partial charge >= 0.3 is 0 Å². The van der Waals surface area contributed by atoms with Crippen LogP contribution in [-0.2, 0) is 16.6 Å². The van der Waals surface area contributed by atoms with Crippen LogP contribution in [0, 0.1) is 19.8 Å². The van der Waals surface area contributed by atoms with Crippen molar-refractivity contribution in [3.63, 3.8) is 0 Å². The summed E-state index contributed by atoms with van der Waals surface area (Å²) in [4.78, 5) is 19.5. The Morgan fingerprint density at radius 3 is 2.52 bits per heavy atom. The summed E-state index contributed by atoms with van der Waals surface area (Å²) in [6.45, 7) is 9.49. The number of rotatable bonds is 11. The first-order valence-corrected chi connectivity index (χ1v) is 15.1. The van der Waals surface area contributed by atoms with Gasteiger partial charge in [-0.3, -0.25) is 9.79 Å². The van der Waals surface area contributed by atoms with Gasteiger partial charge in [0.2, 0.25) is 10.0 Å². The number of hydrogen-bond donors (Lipinski definition) is 1. The number of benzene rings is 1. The van der Waals surface area contributed by atoms with Crippen LogP contribution in [0.4, 0.5) is 0 Å². The maximum absolute atomic E-state index is 13.7. The summed E-state index contributed by atoms with van der Waals surface area (Å²) in [7, 11) is -0.522. The van der Waals surface area contributed by atoms with Crippen LogP contribution in [0.1, 0.15) is 53.9 Å². The molecule has 0 fully saturated rings. The van der Waals surface area contributed by atoms with Gasteiger partial charge in [0.1, 0.15) is 23.6 Å². The smallest absolute Gasteiger partial charge is 0.256 e. The maximum atomic E-state index is 13.7. The molecular formula is C30H40N4O5S. The van der Waals surface area contributed by atoms with Gasteiger partial charge < -0.3 is 19.4 Å². The first-order valence-electron chi connectivity index (χ1n) is 13.7. The molecule has 1 amide bonds. The van der Waals surface area contributed by atoms with Crippen molar-refractivity contribution in [3.8, 4) is 5.75 Å². The normalized spacial score (nSPS) is 17.1. The van der Waals surface area contributed by atoms with Crippen molar-refractivity contribution in [1.29, 1.82) is 0 Å². The van der Waals surface area contributed by atoms with Gasteiger partial charge in [-0.1, -0.05) is 23.8 Å². The standard InChI is InChI=1S/C30H40N4O5S/c1-20(2)34(40(36,37)28-21(3)15-26(38-6)16-22(28)4)18-27-17-25(19-39-27)30(35)33(5)14-11-23-7-9-24(10-8-23)29-31-12-13-32-29/h7-9,15-17,19-20,24H,10-14,18H2,1-6H3,(H,31,32). The lowest BCUT2D eigenvalue weighted by atomic mass is 9.94. The van der Waals surface area contributed by atoms with E-state index in [0.29, 0.717) is 40.7 Å². The van der Waals surface area contributed by atoms with Crippen LogP contribution in [-0.4, -0.2) is 69.2 Å². The molecule has 1 aromatic heterocycles. The predicted octanol–water partition coefficient (Wildman–Crippen LogP) is 4.47. The van der Waals surface area contributed by atoms with Gasteiger partial charge in [0.25, 0.3) is 5.91 Å². The first-order chi connectivity index (χ1) is 19.0. The van der Waals surface area contributed by atoms with Crippen LogP contribution >= 0.6 is 0 Å². The minimum atomic E-state index is -3.84. The minimum Gasteiger partial charge on any atom is -0.497 e. The summed E-state index contributed by atoms with van der Waals surface area (Å²) in [6, 6.07) is 4.75. The van der Waals surface area contributed by atoms with E-state index in [1.807, 2.05) is 13.8 Å². The zero-order valence-corrected chi connectivity index (χ0v) is 25.0. The zero-order chi connectivity index (χ0) is 29.0. The Balaban J connectivity index is 1.39. The van der Waals surface area contributed by atoms with Gasteiger partial charge in [0, 0.05) is 32.1 Å². The molecule has 2 aliphatic rings. The minimum absolute atomic E-state index is 0.0148. The highest BCUT2D eigenvalue weighted by molar-refractivity contribution is 7.89. The highest BCUT2D eigenvalue weighted by atomic mass is 32.2. The van der Waals surface area contributed by atoms with Crippen LogP contribution in [0.15, 0.2) is 62.6 Å². The molecule has 2 heterocycles. The number of nitrogens with one attached hydrogen (secondary N) is 1. The van der Waals surface area contributed by atoms with Crippen molar-refractivity contribution < 1.29 is 22.4 Å². The van der Waals surface area contributed by atoms with Crippen LogP contribution in [0.5, 0.6) is 5.75 Å². The summed E-state index contributed by atoms with van der Waals surface area (Å²) in [5.41, 5.74) is 2.82. The van der Waals surface area contributed by atoms with Crippen molar-refractivity contribution in [2.45, 2.75) is 58.0 Å². The molecule has 1 atom stereocenters. The molecule has 4 rings (SSSR count). The predicted molar refractivity (Wildman–Crippen MR) is 156 cm³/mol. The number of carbonyl (C=O) groups excluding carboxylic acids is 1. The fourth-order valence-electron chi connectivity index (χ4n) is 5.16. The Labute approximate surface area is 237 Å². The maximum Gasteiger partial charge on any atom is 0.256 e. The number of amides is 1. The molecule has 1 aromatic carbocycles. The topological polar surface area (TPSA) is 104 Å². The number of aryl methyl sites for hydroxylation is 2. The van der Waals surface area contributed by atoms with Crippen molar-refractivity contribution in [1.82, 2.24) is 14.5 Å². The quantitative estimate of drug-likeness (QED) is 0.429. The van der Waals surface area contributed by atoms with Crippen molar-refractivity contribution in [3.05, 3.63) is 70.7 Å². The first kappa shape index (κ1) is 29.6. The summed E-state index contributed by atoms with van der Waals surface area (Å²) < 4.78 is 39.9. The highest BCUT2D eigenvalue weighted by Gasteiger charge is 2.31. The molecule has 1 unspecified atom stereocenters. The van der Waals surface area contributed by atoms with Crippen LogP contribution in [0.25, 0.3) is 0 Å². The lowest BCUT2D eigenvalue weighted by Crippen LogP contribution is -2.37. The van der Waals surface area contributed by atoms with Gasteiger partial charge in [0.05, 0.1) is 30.7 Å². The third-order valence-electron chi connectivity index (χ3n) is 7.34. The number of amidine groups is 1. The Bertz CT molecular complexity index is 1410. The lowest BCUT2D eigenvalue weighted by molar-refractivity contribution is 0.0796. The highest BCUT2D eigenvalue weighted by Crippen LogP contribution is 2.30. The summed E-state index contributed by atoms with van der Waals surface area (Å²) in [5.74, 6) is 2.22. The molecule has 0 saturated heterocycles. The van der Waals surface area contributed by atoms with Crippen LogP contribution in [0.2, 0.25) is 0 Å². The third kappa shape index (κ3) is 6.50. The van der Waals surface area contributed by atoms with E-state index in [4.69, 9.17) is 9.15 Å². The molecule has 1 aliphatic heterocycles. The Kier molecular flexibility index (Phi) is 9.20. The van der Waals surface area contributed by atoms with Crippen molar-refractivity contribution >= 4 is 21.8 Å². The van der Waals surface area contributed by atoms with Gasteiger partial charge in [-0.25, -0.2) is 8.42 Å². The molecule has 0 radical (unpaired) electrons. The molecule has 0 bridgehead atoms. The fourth-order valence-corrected chi connectivity index (χ4v) is 7.18. The molecule has 0 spiro atoms. The second-order valence-electron chi connectivity index (χ2n) is 10.7. The number of nitrogens with zero attached hydrogens (tertiary/aromatic N) is 3. The third-order valence-corrected chi connectivity index (χ3v) is 9.66. The molecule has 40 heavy (non-hydrogen) atoms. The SMILES string of the molecule is COc1cc(C)c(S(=O)(=O)N(Cc2cc(C(=O)N(C)CCC3=CCC(C4=NCCN4)C=C3)co2)C(C)C)c(C)c1. The van der Waals surface area contributed by atoms with Crippen LogP contribution < -0.4 is 10.1 Å². The van der Waals surface area contributed by atoms with E-state index in [2.05, 4.69) is 28.5 Å². The summed E-state index contributed by atoms with van der Waals surface area (Å²) in [5, 5.41) is 3.34. The largest absolute Gasteiger partial charge is 0.497 e. The van der Waals surface area contributed by atoms with Crippen molar-refractivity contribution in [2.24, 2.45) is 10.9 Å². The molecule has 2 aromatic rings. The van der Waals surface area contributed by atoms with Crippen molar-refractivity contribution in [2.75, 3.05) is 33.8 Å². The second-order valence-corrected chi connectivity index (χ2v) is 12.5. The number of allylic oxidation sites excluding steroid dienone is 2. The van der Waals surface area contributed by atoms with E-state index in [9.17, 15) is 13.2 Å². The van der Waals surface area contributed by atoms with Gasteiger partial charge in [-0.15, -0.1) is 0 Å². The summed E-state index contributed by atoms with van der Waals surface area (Å²) >= 11 is 0. The number of hydrogen-bond acceptors (Lipinski definition) is 7. The average Bonchev–Trinajstić information content (AvgIpc) is 3.62. The number of ether oxygens (including phenoxy) is 1. The van der Waals surface area contributed by atoms with E-state index >= 15 is 0 Å². The van der Waals surface area contributed by atoms with Crippen LogP contribution in [0.3, 0.4) is 0 Å². The summed E-state index contributed by atoms with van der Waals surface area (Å²) in [6.07, 6.45) is 9.58. The molecule has 216 valence electrons. The number of methoxy groups -OCH3 is 1. The van der Waals surface area contributed by atoms with Gasteiger partial charge in [0.15, 0.2) is 0 Å². The molecule has 0 saturated carbocycles. The second kappa shape index (κ2) is 12.4. The molecule has 1 aliphatic carbocycles. The number of sulfonamides is 1. The number of aliphatic imine (C=N–C) groups is 1. The monoisotopic (exact) mass is 568 g/mol. The van der Waals surface area contributed by atoms with E-state index in [1.165, 1.54) is 16.1 Å². The molecule has 1 N–H and O–H groups in total. The number of carbonyl (C=O) groups is 1. The Hall–Kier alpha value is -3.37. The fraction of sp³-hybridized carbons (Fsp3) is 0.467. The Morgan fingerprint density at radius 2 is 1.95 bits per heavy atom. The van der Waals surface area contributed by atoms with E-state index < -0.39 is 10.0 Å². The zero-order valence-electron chi connectivity index (χ0n) is 24.2. The van der Waals surface area contributed by atoms with Gasteiger partial charge in [-0.2, -0.15) is 4.31 Å². The van der Waals surface area contributed by atoms with E-state index in [1.54, 1.807) is 51.1 Å². The van der Waals surface area contributed by atoms with E-state index in [0.717, 1.165) is 31.8 Å². The average molecular weight is 569 g/mol. The Morgan fingerprint density at radius 1 is 1.23 bits per heavy atom. The van der Waals surface area contributed by atoms with Gasteiger partial charge in [-0.05, 0) is 69.9 Å². The molecule has 10 heteroatoms. The molecular weight excluding hydrogens is 528 g/mol.